The molecule has 1 N–H and O–H groups in total. The Morgan fingerprint density at radius 2 is 1.92 bits per heavy atom. The van der Waals surface area contributed by atoms with Crippen molar-refractivity contribution in [2.75, 3.05) is 5.32 Å². The third kappa shape index (κ3) is 5.43. The zero-order valence-electron chi connectivity index (χ0n) is 14.7. The molecule has 1 atom stereocenters. The molecule has 0 spiro atoms. The molecule has 2 aromatic carbocycles. The minimum Gasteiger partial charge on any atom is -0.449 e. The van der Waals surface area contributed by atoms with E-state index in [9.17, 15) is 14.0 Å². The molecule has 0 radical (unpaired) electrons. The summed E-state index contributed by atoms with van der Waals surface area (Å²) in [6, 6.07) is 9.76. The Hall–Kier alpha value is -2.66. The van der Waals surface area contributed by atoms with Gasteiger partial charge in [0.25, 0.3) is 5.91 Å². The molecule has 0 bridgehead atoms. The molecule has 0 aliphatic rings. The second-order valence-electron chi connectivity index (χ2n) is 5.89. The number of rotatable bonds is 5. The maximum atomic E-state index is 13.1. The fraction of sp³-hybridized carbons (Fsp3) is 0.200. The minimum atomic E-state index is -0.969. The summed E-state index contributed by atoms with van der Waals surface area (Å²) in [5.74, 6) is -1.65. The van der Waals surface area contributed by atoms with Gasteiger partial charge in [0, 0.05) is 11.8 Å². The summed E-state index contributed by atoms with van der Waals surface area (Å²) in [7, 11) is 0. The van der Waals surface area contributed by atoms with E-state index >= 15 is 0 Å². The largest absolute Gasteiger partial charge is 0.449 e. The standard InChI is InChI=1S/C20H19ClFNO3/c1-12-4-5-13(2)18(10-12)23-20(25)14(3)26-19(24)9-7-15-6-8-17(22)16(21)11-15/h4-11,14H,1-3H3,(H,23,25)/b9-7+/t14-/m1/s1. The fourth-order valence-corrected chi connectivity index (χ4v) is 2.34. The van der Waals surface area contributed by atoms with Gasteiger partial charge in [-0.15, -0.1) is 0 Å². The topological polar surface area (TPSA) is 55.4 Å². The van der Waals surface area contributed by atoms with E-state index in [1.807, 2.05) is 32.0 Å². The van der Waals surface area contributed by atoms with E-state index in [1.54, 1.807) is 0 Å². The molecule has 0 aliphatic carbocycles. The van der Waals surface area contributed by atoms with Crippen LogP contribution in [-0.2, 0) is 14.3 Å². The average molecular weight is 376 g/mol. The van der Waals surface area contributed by atoms with Crippen LogP contribution in [0.2, 0.25) is 5.02 Å². The average Bonchev–Trinajstić information content (AvgIpc) is 2.59. The van der Waals surface area contributed by atoms with Crippen molar-refractivity contribution in [1.29, 1.82) is 0 Å². The minimum absolute atomic E-state index is 0.0400. The van der Waals surface area contributed by atoms with E-state index in [1.165, 1.54) is 31.2 Å². The van der Waals surface area contributed by atoms with Gasteiger partial charge in [0.2, 0.25) is 0 Å². The third-order valence-electron chi connectivity index (χ3n) is 3.67. The van der Waals surface area contributed by atoms with Crippen LogP contribution in [0.3, 0.4) is 0 Å². The van der Waals surface area contributed by atoms with E-state index < -0.39 is 23.8 Å². The molecular weight excluding hydrogens is 357 g/mol. The highest BCUT2D eigenvalue weighted by molar-refractivity contribution is 6.30. The van der Waals surface area contributed by atoms with Gasteiger partial charge in [-0.1, -0.05) is 29.8 Å². The first-order valence-electron chi connectivity index (χ1n) is 7.98. The number of anilines is 1. The van der Waals surface area contributed by atoms with Crippen molar-refractivity contribution in [1.82, 2.24) is 0 Å². The fourth-order valence-electron chi connectivity index (χ4n) is 2.15. The molecule has 1 amide bonds. The Balaban J connectivity index is 1.95. The lowest BCUT2D eigenvalue weighted by molar-refractivity contribution is -0.148. The number of nitrogens with one attached hydrogen (secondary N) is 1. The molecule has 0 saturated carbocycles. The van der Waals surface area contributed by atoms with Crippen molar-refractivity contribution >= 4 is 35.2 Å². The van der Waals surface area contributed by atoms with E-state index in [-0.39, 0.29) is 5.02 Å². The van der Waals surface area contributed by atoms with E-state index in [0.717, 1.165) is 17.2 Å². The molecule has 136 valence electrons. The summed E-state index contributed by atoms with van der Waals surface area (Å²) in [5, 5.41) is 2.70. The molecule has 0 unspecified atom stereocenters. The lowest BCUT2D eigenvalue weighted by atomic mass is 10.1. The summed E-state index contributed by atoms with van der Waals surface area (Å²) in [4.78, 5) is 24.1. The quantitative estimate of drug-likeness (QED) is 0.609. The summed E-state index contributed by atoms with van der Waals surface area (Å²) in [6.45, 7) is 5.29. The monoisotopic (exact) mass is 375 g/mol. The van der Waals surface area contributed by atoms with Crippen LogP contribution in [0.25, 0.3) is 6.08 Å². The SMILES string of the molecule is Cc1ccc(C)c(NC(=O)[C@@H](C)OC(=O)/C=C/c2ccc(F)c(Cl)c2)c1. The molecule has 26 heavy (non-hydrogen) atoms. The molecule has 0 aromatic heterocycles. The van der Waals surface area contributed by atoms with Crippen LogP contribution in [0.5, 0.6) is 0 Å². The Bertz CT molecular complexity index is 864. The number of hydrogen-bond donors (Lipinski definition) is 1. The van der Waals surface area contributed by atoms with Gasteiger partial charge in [0.05, 0.1) is 5.02 Å². The highest BCUT2D eigenvalue weighted by Crippen LogP contribution is 2.18. The van der Waals surface area contributed by atoms with Gasteiger partial charge in [0.1, 0.15) is 5.82 Å². The predicted octanol–water partition coefficient (Wildman–Crippen LogP) is 4.68. The molecule has 4 nitrogen and oxygen atoms in total. The normalized spacial score (nSPS) is 12.0. The first-order chi connectivity index (χ1) is 12.3. The van der Waals surface area contributed by atoms with Crippen LogP contribution in [0.1, 0.15) is 23.6 Å². The number of esters is 1. The molecule has 6 heteroatoms. The van der Waals surface area contributed by atoms with Crippen molar-refractivity contribution in [2.24, 2.45) is 0 Å². The lowest BCUT2D eigenvalue weighted by Gasteiger charge is -2.14. The zero-order chi connectivity index (χ0) is 19.3. The molecule has 2 rings (SSSR count). The van der Waals surface area contributed by atoms with Crippen LogP contribution in [0, 0.1) is 19.7 Å². The molecule has 0 fully saturated rings. The highest BCUT2D eigenvalue weighted by atomic mass is 35.5. The van der Waals surface area contributed by atoms with Crippen LogP contribution in [-0.4, -0.2) is 18.0 Å². The predicted molar refractivity (Wildman–Crippen MR) is 101 cm³/mol. The highest BCUT2D eigenvalue weighted by Gasteiger charge is 2.17. The van der Waals surface area contributed by atoms with Crippen molar-refractivity contribution in [3.8, 4) is 0 Å². The summed E-state index contributed by atoms with van der Waals surface area (Å²) < 4.78 is 18.2. The Labute approximate surface area is 156 Å². The van der Waals surface area contributed by atoms with Crippen molar-refractivity contribution in [3.05, 3.63) is 70.0 Å². The smallest absolute Gasteiger partial charge is 0.331 e. The summed E-state index contributed by atoms with van der Waals surface area (Å²) >= 11 is 5.68. The first kappa shape index (κ1) is 19.7. The van der Waals surface area contributed by atoms with Crippen LogP contribution >= 0.6 is 11.6 Å². The number of carbonyl (C=O) groups excluding carboxylic acids is 2. The van der Waals surface area contributed by atoms with Crippen molar-refractivity contribution < 1.29 is 18.7 Å². The Kier molecular flexibility index (Phi) is 6.52. The number of benzene rings is 2. The second kappa shape index (κ2) is 8.63. The maximum Gasteiger partial charge on any atom is 0.331 e. The van der Waals surface area contributed by atoms with Gasteiger partial charge in [-0.3, -0.25) is 4.79 Å². The number of aryl methyl sites for hydroxylation is 2. The summed E-state index contributed by atoms with van der Waals surface area (Å²) in [5.41, 5.74) is 3.14. The third-order valence-corrected chi connectivity index (χ3v) is 3.96. The number of amides is 1. The van der Waals surface area contributed by atoms with Gasteiger partial charge in [-0.05, 0) is 61.7 Å². The number of hydrogen-bond acceptors (Lipinski definition) is 3. The van der Waals surface area contributed by atoms with Gasteiger partial charge in [0.15, 0.2) is 6.10 Å². The van der Waals surface area contributed by atoms with Gasteiger partial charge >= 0.3 is 5.97 Å². The molecule has 0 heterocycles. The number of carbonyl (C=O) groups is 2. The number of ether oxygens (including phenoxy) is 1. The Morgan fingerprint density at radius 1 is 1.19 bits per heavy atom. The van der Waals surface area contributed by atoms with E-state index in [2.05, 4.69) is 5.32 Å². The van der Waals surface area contributed by atoms with Crippen LogP contribution in [0.4, 0.5) is 10.1 Å². The molecular formula is C20H19ClFNO3. The molecule has 0 aliphatic heterocycles. The van der Waals surface area contributed by atoms with Crippen molar-refractivity contribution in [2.45, 2.75) is 26.9 Å². The zero-order valence-corrected chi connectivity index (χ0v) is 15.4. The first-order valence-corrected chi connectivity index (χ1v) is 8.36. The van der Waals surface area contributed by atoms with Crippen LogP contribution in [0.15, 0.2) is 42.5 Å². The van der Waals surface area contributed by atoms with Gasteiger partial charge in [-0.2, -0.15) is 0 Å². The van der Waals surface area contributed by atoms with Gasteiger partial charge < -0.3 is 10.1 Å². The van der Waals surface area contributed by atoms with Crippen LogP contribution < -0.4 is 5.32 Å². The van der Waals surface area contributed by atoms with Crippen molar-refractivity contribution in [3.63, 3.8) is 0 Å². The maximum absolute atomic E-state index is 13.1. The molecule has 2 aromatic rings. The number of halogens is 2. The van der Waals surface area contributed by atoms with E-state index in [4.69, 9.17) is 16.3 Å². The van der Waals surface area contributed by atoms with E-state index in [0.29, 0.717) is 11.3 Å². The Morgan fingerprint density at radius 3 is 2.62 bits per heavy atom. The van der Waals surface area contributed by atoms with Gasteiger partial charge in [-0.25, -0.2) is 9.18 Å². The second-order valence-corrected chi connectivity index (χ2v) is 6.30. The summed E-state index contributed by atoms with van der Waals surface area (Å²) in [6.07, 6.45) is 1.62. The molecule has 0 saturated heterocycles. The lowest BCUT2D eigenvalue weighted by Crippen LogP contribution is -2.29.